The molecule has 2 N–H and O–H groups in total. The highest BCUT2D eigenvalue weighted by atomic mass is 32.2. The molecular formula is C19H24N2O4S. The number of para-hydroxylation sites is 1. The molecule has 7 heteroatoms. The van der Waals surface area contributed by atoms with Gasteiger partial charge in [0.2, 0.25) is 10.0 Å². The van der Waals surface area contributed by atoms with E-state index in [0.717, 1.165) is 30.4 Å². The number of ether oxygens (including phenoxy) is 1. The lowest BCUT2D eigenvalue weighted by molar-refractivity contribution is 0.0953. The zero-order valence-electron chi connectivity index (χ0n) is 15.2. The first-order valence-corrected chi connectivity index (χ1v) is 10.2. The van der Waals surface area contributed by atoms with E-state index in [-0.39, 0.29) is 5.91 Å². The van der Waals surface area contributed by atoms with E-state index in [4.69, 9.17) is 4.74 Å². The fourth-order valence-corrected chi connectivity index (χ4v) is 3.24. The van der Waals surface area contributed by atoms with Gasteiger partial charge in [-0.25, -0.2) is 8.42 Å². The monoisotopic (exact) mass is 376 g/mol. The molecule has 0 aromatic heterocycles. The number of hydrogen-bond donors (Lipinski definition) is 2. The van der Waals surface area contributed by atoms with Crippen LogP contribution in [-0.2, 0) is 16.4 Å². The van der Waals surface area contributed by atoms with E-state index >= 15 is 0 Å². The summed E-state index contributed by atoms with van der Waals surface area (Å²) in [5, 5.41) is 2.88. The fraction of sp³-hybridized carbons (Fsp3) is 0.316. The first-order valence-electron chi connectivity index (χ1n) is 8.28. The summed E-state index contributed by atoms with van der Waals surface area (Å²) >= 11 is 0. The molecule has 0 aliphatic rings. The van der Waals surface area contributed by atoms with Crippen molar-refractivity contribution in [1.29, 1.82) is 0 Å². The highest BCUT2D eigenvalue weighted by Gasteiger charge is 2.10. The van der Waals surface area contributed by atoms with Gasteiger partial charge in [-0.05, 0) is 55.2 Å². The number of nitrogens with one attached hydrogen (secondary N) is 2. The molecule has 0 radical (unpaired) electrons. The van der Waals surface area contributed by atoms with Crippen molar-refractivity contribution in [3.05, 3.63) is 59.2 Å². The Bertz CT molecular complexity index is 879. The molecule has 26 heavy (non-hydrogen) atoms. The summed E-state index contributed by atoms with van der Waals surface area (Å²) in [7, 11) is -1.70. The van der Waals surface area contributed by atoms with E-state index in [9.17, 15) is 13.2 Å². The number of rotatable bonds is 8. The lowest BCUT2D eigenvalue weighted by atomic mass is 10.1. The average Bonchev–Trinajstić information content (AvgIpc) is 2.59. The minimum absolute atomic E-state index is 0.181. The Morgan fingerprint density at radius 2 is 1.88 bits per heavy atom. The van der Waals surface area contributed by atoms with E-state index < -0.39 is 10.0 Å². The van der Waals surface area contributed by atoms with Gasteiger partial charge in [0, 0.05) is 12.1 Å². The van der Waals surface area contributed by atoms with Crippen LogP contribution < -0.4 is 14.8 Å². The molecule has 2 aromatic carbocycles. The van der Waals surface area contributed by atoms with Gasteiger partial charge in [0.05, 0.1) is 19.1 Å². The van der Waals surface area contributed by atoms with Gasteiger partial charge in [0.25, 0.3) is 5.91 Å². The fourth-order valence-electron chi connectivity index (χ4n) is 2.61. The lowest BCUT2D eigenvalue weighted by Gasteiger charge is -2.11. The first kappa shape index (κ1) is 19.8. The minimum Gasteiger partial charge on any atom is -0.496 e. The van der Waals surface area contributed by atoms with Crippen molar-refractivity contribution in [3.8, 4) is 5.75 Å². The van der Waals surface area contributed by atoms with E-state index in [2.05, 4.69) is 10.0 Å². The Morgan fingerprint density at radius 3 is 2.54 bits per heavy atom. The Morgan fingerprint density at radius 1 is 1.15 bits per heavy atom. The SMILES string of the molecule is COc1ccccc1CCCNC(=O)c1ccc(NS(C)(=O)=O)c(C)c1. The van der Waals surface area contributed by atoms with Crippen molar-refractivity contribution in [2.45, 2.75) is 19.8 Å². The zero-order chi connectivity index (χ0) is 19.2. The summed E-state index contributed by atoms with van der Waals surface area (Å²) in [5.74, 6) is 0.669. The molecule has 140 valence electrons. The van der Waals surface area contributed by atoms with Crippen LogP contribution in [0.4, 0.5) is 5.69 Å². The molecule has 0 fully saturated rings. The summed E-state index contributed by atoms with van der Waals surface area (Å²) in [6.45, 7) is 2.30. The van der Waals surface area contributed by atoms with Gasteiger partial charge >= 0.3 is 0 Å². The number of methoxy groups -OCH3 is 1. The average molecular weight is 376 g/mol. The largest absolute Gasteiger partial charge is 0.496 e. The van der Waals surface area contributed by atoms with Crippen LogP contribution in [-0.4, -0.2) is 34.2 Å². The van der Waals surface area contributed by atoms with Crippen LogP contribution in [0.1, 0.15) is 27.9 Å². The topological polar surface area (TPSA) is 84.5 Å². The molecule has 0 heterocycles. The Hall–Kier alpha value is -2.54. The second-order valence-electron chi connectivity index (χ2n) is 6.08. The van der Waals surface area contributed by atoms with Crippen LogP contribution in [0.25, 0.3) is 0 Å². The van der Waals surface area contributed by atoms with Gasteiger partial charge in [-0.1, -0.05) is 18.2 Å². The summed E-state index contributed by atoms with van der Waals surface area (Å²) < 4.78 is 30.4. The van der Waals surface area contributed by atoms with Crippen LogP contribution >= 0.6 is 0 Å². The molecule has 0 spiro atoms. The summed E-state index contributed by atoms with van der Waals surface area (Å²) in [4.78, 5) is 12.3. The number of carbonyl (C=O) groups is 1. The molecular weight excluding hydrogens is 352 g/mol. The van der Waals surface area contributed by atoms with Crippen molar-refractivity contribution in [2.24, 2.45) is 0 Å². The third kappa shape index (κ3) is 5.77. The molecule has 0 bridgehead atoms. The third-order valence-electron chi connectivity index (χ3n) is 3.88. The first-order chi connectivity index (χ1) is 12.3. The van der Waals surface area contributed by atoms with Crippen molar-refractivity contribution >= 4 is 21.6 Å². The highest BCUT2D eigenvalue weighted by molar-refractivity contribution is 7.92. The van der Waals surface area contributed by atoms with Gasteiger partial charge in [0.15, 0.2) is 0 Å². The summed E-state index contributed by atoms with van der Waals surface area (Å²) in [5.41, 5.74) is 2.77. The Balaban J connectivity index is 1.89. The highest BCUT2D eigenvalue weighted by Crippen LogP contribution is 2.19. The molecule has 0 aliphatic heterocycles. The quantitative estimate of drug-likeness (QED) is 0.694. The van der Waals surface area contributed by atoms with E-state index in [1.807, 2.05) is 24.3 Å². The summed E-state index contributed by atoms with van der Waals surface area (Å²) in [6.07, 6.45) is 2.69. The van der Waals surface area contributed by atoms with Gasteiger partial charge in [-0.15, -0.1) is 0 Å². The molecule has 0 saturated carbocycles. The Kier molecular flexibility index (Phi) is 6.63. The van der Waals surface area contributed by atoms with Gasteiger partial charge in [-0.3, -0.25) is 9.52 Å². The molecule has 0 saturated heterocycles. The van der Waals surface area contributed by atoms with Crippen molar-refractivity contribution in [2.75, 3.05) is 24.6 Å². The third-order valence-corrected chi connectivity index (χ3v) is 4.48. The number of hydrogen-bond acceptors (Lipinski definition) is 4. The van der Waals surface area contributed by atoms with Crippen LogP contribution in [0, 0.1) is 6.92 Å². The van der Waals surface area contributed by atoms with Gasteiger partial charge in [-0.2, -0.15) is 0 Å². The van der Waals surface area contributed by atoms with Crippen molar-refractivity contribution in [3.63, 3.8) is 0 Å². The molecule has 0 aliphatic carbocycles. The van der Waals surface area contributed by atoms with Crippen LogP contribution in [0.5, 0.6) is 5.75 Å². The molecule has 2 aromatic rings. The van der Waals surface area contributed by atoms with Crippen LogP contribution in [0.2, 0.25) is 0 Å². The maximum absolute atomic E-state index is 12.3. The van der Waals surface area contributed by atoms with Gasteiger partial charge in [0.1, 0.15) is 5.75 Å². The van der Waals surface area contributed by atoms with Crippen LogP contribution in [0.15, 0.2) is 42.5 Å². The Labute approximate surface area is 154 Å². The lowest BCUT2D eigenvalue weighted by Crippen LogP contribution is -2.25. The molecule has 0 atom stereocenters. The molecule has 0 unspecified atom stereocenters. The zero-order valence-corrected chi connectivity index (χ0v) is 16.0. The molecule has 6 nitrogen and oxygen atoms in total. The smallest absolute Gasteiger partial charge is 0.251 e. The molecule has 1 amide bonds. The van der Waals surface area contributed by atoms with E-state index in [1.54, 1.807) is 32.2 Å². The van der Waals surface area contributed by atoms with Crippen molar-refractivity contribution in [1.82, 2.24) is 5.32 Å². The predicted molar refractivity (Wildman–Crippen MR) is 103 cm³/mol. The standard InChI is InChI=1S/C19H24N2O4S/c1-14-13-16(10-11-17(14)21-26(3,23)24)19(22)20-12-6-8-15-7-4-5-9-18(15)25-2/h4-5,7,9-11,13,21H,6,8,12H2,1-3H3,(H,20,22). The number of amides is 1. The number of carbonyl (C=O) groups excluding carboxylic acids is 1. The van der Waals surface area contributed by atoms with Crippen molar-refractivity contribution < 1.29 is 17.9 Å². The van der Waals surface area contributed by atoms with Gasteiger partial charge < -0.3 is 10.1 Å². The number of aryl methyl sites for hydroxylation is 2. The van der Waals surface area contributed by atoms with E-state index in [0.29, 0.717) is 23.4 Å². The maximum atomic E-state index is 12.3. The second kappa shape index (κ2) is 8.71. The number of sulfonamides is 1. The number of benzene rings is 2. The normalized spacial score (nSPS) is 11.0. The predicted octanol–water partition coefficient (Wildman–Crippen LogP) is 2.74. The molecule has 2 rings (SSSR count). The van der Waals surface area contributed by atoms with Crippen LogP contribution in [0.3, 0.4) is 0 Å². The minimum atomic E-state index is -3.34. The maximum Gasteiger partial charge on any atom is 0.251 e. The summed E-state index contributed by atoms with van der Waals surface area (Å²) in [6, 6.07) is 12.7. The second-order valence-corrected chi connectivity index (χ2v) is 7.82. The van der Waals surface area contributed by atoms with E-state index in [1.165, 1.54) is 0 Å². The number of anilines is 1.